The van der Waals surface area contributed by atoms with Crippen LogP contribution in [0.5, 0.6) is 5.75 Å². The molecular weight excluding hydrogens is 256 g/mol. The van der Waals surface area contributed by atoms with Crippen molar-refractivity contribution in [3.05, 3.63) is 29.8 Å². The number of benzene rings is 1. The van der Waals surface area contributed by atoms with Crippen molar-refractivity contribution in [1.29, 1.82) is 0 Å². The summed E-state index contributed by atoms with van der Waals surface area (Å²) < 4.78 is 10.1. The third-order valence-corrected chi connectivity index (χ3v) is 3.59. The van der Waals surface area contributed by atoms with Crippen molar-refractivity contribution >= 4 is 5.97 Å². The summed E-state index contributed by atoms with van der Waals surface area (Å²) in [6.45, 7) is 2.29. The number of hydrogen-bond donors (Lipinski definition) is 1. The van der Waals surface area contributed by atoms with Gasteiger partial charge in [-0.1, -0.05) is 18.2 Å². The van der Waals surface area contributed by atoms with Gasteiger partial charge in [-0.3, -0.25) is 9.69 Å². The van der Waals surface area contributed by atoms with E-state index in [4.69, 9.17) is 15.2 Å². The van der Waals surface area contributed by atoms with Crippen LogP contribution in [0.1, 0.15) is 12.5 Å². The van der Waals surface area contributed by atoms with E-state index in [2.05, 4.69) is 6.92 Å². The molecule has 0 aromatic heterocycles. The Balaban J connectivity index is 2.78. The molecular formula is C15H24N2O3. The summed E-state index contributed by atoms with van der Waals surface area (Å²) in [5, 5.41) is 0. The number of nitrogens with two attached hydrogens (primary N) is 1. The van der Waals surface area contributed by atoms with Crippen LogP contribution >= 0.6 is 0 Å². The number of para-hydroxylation sites is 1. The highest BCUT2D eigenvalue weighted by atomic mass is 16.5. The molecule has 20 heavy (non-hydrogen) atoms. The van der Waals surface area contributed by atoms with Gasteiger partial charge in [-0.15, -0.1) is 0 Å². The first-order valence-corrected chi connectivity index (χ1v) is 6.66. The van der Waals surface area contributed by atoms with Crippen LogP contribution in [0.25, 0.3) is 0 Å². The van der Waals surface area contributed by atoms with Crippen molar-refractivity contribution in [1.82, 2.24) is 4.90 Å². The van der Waals surface area contributed by atoms with Crippen LogP contribution in [0.4, 0.5) is 0 Å². The Morgan fingerprint density at radius 1 is 1.35 bits per heavy atom. The summed E-state index contributed by atoms with van der Waals surface area (Å²) >= 11 is 0. The minimum absolute atomic E-state index is 0.138. The minimum atomic E-state index is -0.426. The first-order chi connectivity index (χ1) is 9.54. The lowest BCUT2D eigenvalue weighted by Gasteiger charge is -2.30. The largest absolute Gasteiger partial charge is 0.496 e. The van der Waals surface area contributed by atoms with Crippen molar-refractivity contribution < 1.29 is 14.3 Å². The van der Waals surface area contributed by atoms with Crippen LogP contribution in [0.3, 0.4) is 0 Å². The molecule has 2 unspecified atom stereocenters. The number of carbonyl (C=O) groups excluding carboxylic acids is 1. The summed E-state index contributed by atoms with van der Waals surface area (Å²) in [6.07, 6.45) is 0.772. The molecule has 1 aromatic carbocycles. The van der Waals surface area contributed by atoms with Gasteiger partial charge in [0.1, 0.15) is 11.8 Å². The molecule has 0 amide bonds. The predicted octanol–water partition coefficient (Wildman–Crippen LogP) is 1.06. The number of rotatable bonds is 7. The predicted molar refractivity (Wildman–Crippen MR) is 78.8 cm³/mol. The van der Waals surface area contributed by atoms with Gasteiger partial charge in [0.25, 0.3) is 0 Å². The fourth-order valence-corrected chi connectivity index (χ4v) is 2.21. The SMILES string of the molecule is COC(=O)C(CN)N(C)C(C)Cc1ccccc1OC. The molecule has 0 saturated carbocycles. The molecule has 2 N–H and O–H groups in total. The van der Waals surface area contributed by atoms with Crippen molar-refractivity contribution in [2.24, 2.45) is 5.73 Å². The third-order valence-electron chi connectivity index (χ3n) is 3.59. The molecule has 0 radical (unpaired) electrons. The number of likely N-dealkylation sites (N-methyl/N-ethyl adjacent to an activating group) is 1. The molecule has 5 nitrogen and oxygen atoms in total. The van der Waals surface area contributed by atoms with Crippen LogP contribution < -0.4 is 10.5 Å². The van der Waals surface area contributed by atoms with E-state index < -0.39 is 6.04 Å². The number of hydrogen-bond acceptors (Lipinski definition) is 5. The lowest BCUT2D eigenvalue weighted by Crippen LogP contribution is -2.49. The number of methoxy groups -OCH3 is 2. The second-order valence-electron chi connectivity index (χ2n) is 4.81. The molecule has 0 spiro atoms. The molecule has 0 aliphatic rings. The molecule has 0 aliphatic carbocycles. The normalized spacial score (nSPS) is 13.9. The summed E-state index contributed by atoms with van der Waals surface area (Å²) in [7, 11) is 4.92. The zero-order valence-electron chi connectivity index (χ0n) is 12.6. The van der Waals surface area contributed by atoms with E-state index in [0.29, 0.717) is 0 Å². The number of ether oxygens (including phenoxy) is 2. The quantitative estimate of drug-likeness (QED) is 0.757. The fourth-order valence-electron chi connectivity index (χ4n) is 2.21. The Kier molecular flexibility index (Phi) is 6.48. The van der Waals surface area contributed by atoms with Gasteiger partial charge < -0.3 is 15.2 Å². The standard InChI is InChI=1S/C15H24N2O3/c1-11(17(2)13(10-16)15(18)20-4)9-12-7-5-6-8-14(12)19-3/h5-8,11,13H,9-10,16H2,1-4H3. The van der Waals surface area contributed by atoms with Gasteiger partial charge >= 0.3 is 5.97 Å². The van der Waals surface area contributed by atoms with Gasteiger partial charge in [0.2, 0.25) is 0 Å². The average Bonchev–Trinajstić information content (AvgIpc) is 2.47. The molecule has 112 valence electrons. The fraction of sp³-hybridized carbons (Fsp3) is 0.533. The van der Waals surface area contributed by atoms with Crippen LogP contribution in [-0.4, -0.2) is 50.8 Å². The first-order valence-electron chi connectivity index (χ1n) is 6.66. The summed E-state index contributed by atoms with van der Waals surface area (Å²) in [4.78, 5) is 13.6. The maximum absolute atomic E-state index is 11.7. The zero-order chi connectivity index (χ0) is 15.1. The van der Waals surface area contributed by atoms with E-state index in [-0.39, 0.29) is 18.6 Å². The van der Waals surface area contributed by atoms with Crippen molar-refractivity contribution in [3.8, 4) is 5.75 Å². The highest BCUT2D eigenvalue weighted by Gasteiger charge is 2.26. The Labute approximate surface area is 120 Å². The van der Waals surface area contributed by atoms with Crippen LogP contribution in [0.15, 0.2) is 24.3 Å². The van der Waals surface area contributed by atoms with E-state index in [1.807, 2.05) is 36.2 Å². The maximum atomic E-state index is 11.7. The van der Waals surface area contributed by atoms with Gasteiger partial charge in [0, 0.05) is 12.6 Å². The smallest absolute Gasteiger partial charge is 0.324 e. The first kappa shape index (κ1) is 16.5. The lowest BCUT2D eigenvalue weighted by atomic mass is 10.0. The number of esters is 1. The van der Waals surface area contributed by atoms with E-state index in [9.17, 15) is 4.79 Å². The second-order valence-corrected chi connectivity index (χ2v) is 4.81. The van der Waals surface area contributed by atoms with Gasteiger partial charge in [-0.2, -0.15) is 0 Å². The van der Waals surface area contributed by atoms with E-state index in [1.54, 1.807) is 7.11 Å². The minimum Gasteiger partial charge on any atom is -0.496 e. The lowest BCUT2D eigenvalue weighted by molar-refractivity contribution is -0.146. The molecule has 0 bridgehead atoms. The molecule has 5 heteroatoms. The van der Waals surface area contributed by atoms with Gasteiger partial charge in [-0.05, 0) is 32.0 Å². The highest BCUT2D eigenvalue weighted by Crippen LogP contribution is 2.20. The van der Waals surface area contributed by atoms with Crippen LogP contribution in [-0.2, 0) is 16.0 Å². The highest BCUT2D eigenvalue weighted by molar-refractivity contribution is 5.75. The molecule has 1 rings (SSSR count). The van der Waals surface area contributed by atoms with E-state index in [1.165, 1.54) is 7.11 Å². The summed E-state index contributed by atoms with van der Waals surface area (Å²) in [5.41, 5.74) is 6.78. The van der Waals surface area contributed by atoms with Crippen molar-refractivity contribution in [2.75, 3.05) is 27.8 Å². The number of nitrogens with zero attached hydrogens (tertiary/aromatic N) is 1. The van der Waals surface area contributed by atoms with Gasteiger partial charge in [0.15, 0.2) is 0 Å². The monoisotopic (exact) mass is 280 g/mol. The Hall–Kier alpha value is -1.59. The average molecular weight is 280 g/mol. The Bertz CT molecular complexity index is 437. The van der Waals surface area contributed by atoms with E-state index in [0.717, 1.165) is 17.7 Å². The molecule has 0 fully saturated rings. The summed E-state index contributed by atoms with van der Waals surface area (Å²) in [6, 6.07) is 7.59. The maximum Gasteiger partial charge on any atom is 0.324 e. The van der Waals surface area contributed by atoms with Gasteiger partial charge in [0.05, 0.1) is 14.2 Å². The molecule has 2 atom stereocenters. The van der Waals surface area contributed by atoms with Crippen LogP contribution in [0, 0.1) is 0 Å². The molecule has 0 saturated heterocycles. The van der Waals surface area contributed by atoms with Crippen LogP contribution in [0.2, 0.25) is 0 Å². The van der Waals surface area contributed by atoms with Crippen molar-refractivity contribution in [2.45, 2.75) is 25.4 Å². The summed E-state index contributed by atoms with van der Waals surface area (Å²) in [5.74, 6) is 0.553. The molecule has 0 heterocycles. The Morgan fingerprint density at radius 2 is 2.00 bits per heavy atom. The molecule has 1 aromatic rings. The molecule has 0 aliphatic heterocycles. The van der Waals surface area contributed by atoms with Gasteiger partial charge in [-0.25, -0.2) is 0 Å². The third kappa shape index (κ3) is 3.95. The Morgan fingerprint density at radius 3 is 2.55 bits per heavy atom. The van der Waals surface area contributed by atoms with E-state index >= 15 is 0 Å². The van der Waals surface area contributed by atoms with Crippen molar-refractivity contribution in [3.63, 3.8) is 0 Å². The number of carbonyl (C=O) groups is 1. The second kappa shape index (κ2) is 7.87. The topological polar surface area (TPSA) is 64.8 Å². The zero-order valence-corrected chi connectivity index (χ0v) is 12.6.